The third kappa shape index (κ3) is 7.33. The van der Waals surface area contributed by atoms with Crippen LogP contribution in [0.25, 0.3) is 10.8 Å². The van der Waals surface area contributed by atoms with Crippen molar-refractivity contribution in [3.8, 4) is 5.75 Å². The average Bonchev–Trinajstić information content (AvgIpc) is 2.99. The molecule has 0 atom stereocenters. The van der Waals surface area contributed by atoms with Crippen LogP contribution in [-0.2, 0) is 30.4 Å². The number of anilines is 6. The highest BCUT2D eigenvalue weighted by atomic mass is 35.5. The quantitative estimate of drug-likeness (QED) is 0.0595. The number of hydrazine groups is 1. The van der Waals surface area contributed by atoms with E-state index in [0.717, 1.165) is 24.3 Å². The minimum absolute atomic E-state index is 0.0381. The lowest BCUT2D eigenvalue weighted by Gasteiger charge is -2.20. The molecule has 0 fully saturated rings. The summed E-state index contributed by atoms with van der Waals surface area (Å²) in [4.78, 5) is 11.6. The number of hydrogen-bond acceptors (Lipinski definition) is 14. The van der Waals surface area contributed by atoms with E-state index in [-0.39, 0.29) is 39.3 Å². The van der Waals surface area contributed by atoms with Gasteiger partial charge in [0.2, 0.25) is 17.2 Å². The van der Waals surface area contributed by atoms with Crippen LogP contribution in [0.4, 0.5) is 34.6 Å². The molecule has 7 N–H and O–H groups in total. The number of nitrogens with one attached hydrogen (secondary N) is 3. The second-order valence-electron chi connectivity index (χ2n) is 10.1. The molecule has 48 heavy (non-hydrogen) atoms. The molecule has 0 spiro atoms. The Labute approximate surface area is 278 Å². The van der Waals surface area contributed by atoms with Gasteiger partial charge in [0.05, 0.1) is 16.3 Å². The molecule has 1 aromatic heterocycles. The third-order valence-electron chi connectivity index (χ3n) is 6.75. The van der Waals surface area contributed by atoms with Crippen molar-refractivity contribution in [3.05, 3.63) is 77.6 Å². The van der Waals surface area contributed by atoms with E-state index in [0.29, 0.717) is 11.3 Å². The van der Waals surface area contributed by atoms with Crippen molar-refractivity contribution in [2.75, 3.05) is 28.1 Å². The smallest absolute Gasteiger partial charge is 0.296 e. The molecule has 0 saturated heterocycles. The average molecular weight is 738 g/mol. The van der Waals surface area contributed by atoms with Crippen LogP contribution in [0.15, 0.2) is 81.4 Å². The maximum Gasteiger partial charge on any atom is 0.296 e. The molecule has 4 aromatic carbocycles. The number of benzene rings is 4. The van der Waals surface area contributed by atoms with Gasteiger partial charge in [0, 0.05) is 18.1 Å². The molecule has 0 bridgehead atoms. The standard InChI is InChI=1S/C27H24ClN7O10S3/c1-14-8-9-18(20(10-14)47(40,41)42)33-34-23-21(48(43,44)45)12-15-11-17(46(37,38)39)13-19(22(15)24(23)36)29-26-30-25(28)31-27(32-26)35(2)16-6-4-3-5-7-16/h3-13,33-34,36H,1-2H3,(H,37,38,39)(H,40,41,42)(H,43,44,45)(H,29,30,31,32). The molecular weight excluding hydrogens is 714 g/mol. The Hall–Kier alpha value is -4.83. The zero-order valence-corrected chi connectivity index (χ0v) is 27.7. The van der Waals surface area contributed by atoms with Gasteiger partial charge in [-0.25, -0.2) is 0 Å². The van der Waals surface area contributed by atoms with Crippen molar-refractivity contribution < 1.29 is 44.0 Å². The molecule has 0 aliphatic carbocycles. The molecule has 21 heteroatoms. The first-order chi connectivity index (χ1) is 22.3. The van der Waals surface area contributed by atoms with Crippen molar-refractivity contribution in [2.24, 2.45) is 0 Å². The van der Waals surface area contributed by atoms with Crippen LogP contribution < -0.4 is 21.1 Å². The highest BCUT2D eigenvalue weighted by Gasteiger charge is 2.26. The lowest BCUT2D eigenvalue weighted by atomic mass is 10.1. The number of phenolic OH excluding ortho intramolecular Hbond substituents is 1. The van der Waals surface area contributed by atoms with Gasteiger partial charge in [-0.1, -0.05) is 24.3 Å². The lowest BCUT2D eigenvalue weighted by Crippen LogP contribution is -2.16. The Balaban J connectivity index is 1.69. The Morgan fingerprint density at radius 1 is 0.750 bits per heavy atom. The number of nitrogens with zero attached hydrogens (tertiary/aromatic N) is 4. The molecule has 0 unspecified atom stereocenters. The summed E-state index contributed by atoms with van der Waals surface area (Å²) in [5.74, 6) is -1.15. The molecule has 0 amide bonds. The SMILES string of the molecule is Cc1ccc(NNc2c(S(=O)(=O)O)cc3cc(S(=O)(=O)O)cc(Nc4nc(Cl)nc(N(C)c5ccccc5)n4)c3c2O)c(S(=O)(=O)O)c1. The van der Waals surface area contributed by atoms with Gasteiger partial charge in [-0.2, -0.15) is 40.2 Å². The first kappa shape index (κ1) is 34.5. The van der Waals surface area contributed by atoms with Gasteiger partial charge < -0.3 is 15.3 Å². The van der Waals surface area contributed by atoms with E-state index in [4.69, 9.17) is 11.6 Å². The van der Waals surface area contributed by atoms with Gasteiger partial charge in [0.25, 0.3) is 30.4 Å². The summed E-state index contributed by atoms with van der Waals surface area (Å²) in [6, 6.07) is 15.2. The summed E-state index contributed by atoms with van der Waals surface area (Å²) in [7, 11) is -13.3. The number of aromatic nitrogens is 3. The van der Waals surface area contributed by atoms with Gasteiger partial charge in [-0.15, -0.1) is 0 Å². The maximum atomic E-state index is 12.5. The molecule has 0 aliphatic rings. The number of fused-ring (bicyclic) bond motifs is 1. The van der Waals surface area contributed by atoms with E-state index in [1.807, 2.05) is 0 Å². The summed E-state index contributed by atoms with van der Waals surface area (Å²) < 4.78 is 103. The van der Waals surface area contributed by atoms with Crippen molar-refractivity contribution >= 4 is 87.4 Å². The van der Waals surface area contributed by atoms with Crippen LogP contribution in [0.1, 0.15) is 5.56 Å². The molecule has 5 aromatic rings. The van der Waals surface area contributed by atoms with Crippen molar-refractivity contribution in [3.63, 3.8) is 0 Å². The third-order valence-corrected chi connectivity index (χ3v) is 9.52. The summed E-state index contributed by atoms with van der Waals surface area (Å²) in [6.07, 6.45) is 0. The predicted molar refractivity (Wildman–Crippen MR) is 176 cm³/mol. The number of phenols is 1. The summed E-state index contributed by atoms with van der Waals surface area (Å²) in [6.45, 7) is 1.55. The second-order valence-corrected chi connectivity index (χ2v) is 14.6. The van der Waals surface area contributed by atoms with Crippen LogP contribution in [0.2, 0.25) is 5.28 Å². The minimum atomic E-state index is -5.18. The number of aryl methyl sites for hydroxylation is 1. The number of halogens is 1. The summed E-state index contributed by atoms with van der Waals surface area (Å²) in [5.41, 5.74) is 4.53. The maximum absolute atomic E-state index is 12.5. The monoisotopic (exact) mass is 737 g/mol. The largest absolute Gasteiger partial charge is 0.505 e. The van der Waals surface area contributed by atoms with Gasteiger partial charge in [0.1, 0.15) is 15.5 Å². The van der Waals surface area contributed by atoms with E-state index >= 15 is 0 Å². The number of hydrogen-bond donors (Lipinski definition) is 7. The first-order valence-corrected chi connectivity index (χ1v) is 17.9. The topological polar surface area (TPSA) is 261 Å². The molecular formula is C27H24ClN7O10S3. The molecule has 252 valence electrons. The first-order valence-electron chi connectivity index (χ1n) is 13.2. The summed E-state index contributed by atoms with van der Waals surface area (Å²) >= 11 is 6.16. The molecule has 5 rings (SSSR count). The molecule has 1 heterocycles. The van der Waals surface area contributed by atoms with E-state index in [2.05, 4.69) is 31.1 Å². The summed E-state index contributed by atoms with van der Waals surface area (Å²) in [5, 5.41) is 13.3. The minimum Gasteiger partial charge on any atom is -0.505 e. The normalized spacial score (nSPS) is 12.1. The van der Waals surface area contributed by atoms with Gasteiger partial charge in [-0.05, 0) is 71.9 Å². The van der Waals surface area contributed by atoms with Crippen LogP contribution >= 0.6 is 11.6 Å². The van der Waals surface area contributed by atoms with Crippen LogP contribution in [0.3, 0.4) is 0 Å². The number of aromatic hydroxyl groups is 1. The highest BCUT2D eigenvalue weighted by Crippen LogP contribution is 2.44. The Morgan fingerprint density at radius 2 is 1.42 bits per heavy atom. The van der Waals surface area contributed by atoms with E-state index in [1.54, 1.807) is 49.2 Å². The second kappa shape index (κ2) is 12.6. The van der Waals surface area contributed by atoms with Gasteiger partial charge in [0.15, 0.2) is 5.75 Å². The fourth-order valence-corrected chi connectivity index (χ4v) is 6.66. The van der Waals surface area contributed by atoms with Crippen LogP contribution in [-0.4, -0.2) is 66.0 Å². The van der Waals surface area contributed by atoms with Crippen LogP contribution in [0.5, 0.6) is 5.75 Å². The van der Waals surface area contributed by atoms with Crippen molar-refractivity contribution in [2.45, 2.75) is 21.6 Å². The zero-order chi connectivity index (χ0) is 35.2. The highest BCUT2D eigenvalue weighted by molar-refractivity contribution is 7.86. The van der Waals surface area contributed by atoms with E-state index in [9.17, 15) is 44.0 Å². The van der Waals surface area contributed by atoms with Gasteiger partial charge in [-0.3, -0.25) is 24.5 Å². The fraction of sp³-hybridized carbons (Fsp3) is 0.0741. The molecule has 0 radical (unpaired) electrons. The Bertz CT molecular complexity index is 2420. The lowest BCUT2D eigenvalue weighted by molar-refractivity contribution is 0.473. The Morgan fingerprint density at radius 3 is 2.04 bits per heavy atom. The van der Waals surface area contributed by atoms with Gasteiger partial charge >= 0.3 is 0 Å². The predicted octanol–water partition coefficient (Wildman–Crippen LogP) is 4.38. The number of rotatable bonds is 10. The molecule has 0 saturated carbocycles. The van der Waals surface area contributed by atoms with Crippen molar-refractivity contribution in [1.82, 2.24) is 15.0 Å². The van der Waals surface area contributed by atoms with Crippen LogP contribution in [0, 0.1) is 6.92 Å². The Kier molecular flexibility index (Phi) is 9.09. The van der Waals surface area contributed by atoms with E-state index in [1.165, 1.54) is 12.1 Å². The molecule has 0 aliphatic heterocycles. The number of para-hydroxylation sites is 1. The zero-order valence-electron chi connectivity index (χ0n) is 24.5. The fourth-order valence-electron chi connectivity index (χ4n) is 4.55. The van der Waals surface area contributed by atoms with E-state index < -0.39 is 56.5 Å². The van der Waals surface area contributed by atoms with Crippen molar-refractivity contribution in [1.29, 1.82) is 0 Å². The molecule has 17 nitrogen and oxygen atoms in total.